The van der Waals surface area contributed by atoms with Crippen LogP contribution in [0.25, 0.3) is 11.3 Å². The molecule has 0 fully saturated rings. The quantitative estimate of drug-likeness (QED) is 0.469. The molecule has 0 radical (unpaired) electrons. The zero-order chi connectivity index (χ0) is 19.3. The molecular weight excluding hydrogens is 372 g/mol. The van der Waals surface area contributed by atoms with E-state index < -0.39 is 6.23 Å². The smallest absolute Gasteiger partial charge is 0.247 e. The van der Waals surface area contributed by atoms with Gasteiger partial charge in [-0.25, -0.2) is 0 Å². The van der Waals surface area contributed by atoms with E-state index in [1.54, 1.807) is 0 Å². The molecule has 0 amide bonds. The van der Waals surface area contributed by atoms with Crippen molar-refractivity contribution < 1.29 is 9.47 Å². The molecule has 3 aromatic rings. The fourth-order valence-electron chi connectivity index (χ4n) is 3.03. The summed E-state index contributed by atoms with van der Waals surface area (Å²) in [5.41, 5.74) is 3.39. The van der Waals surface area contributed by atoms with E-state index >= 15 is 0 Å². The lowest BCUT2D eigenvalue weighted by atomic mass is 10.1. The van der Waals surface area contributed by atoms with E-state index in [2.05, 4.69) is 27.4 Å². The number of benzene rings is 2. The van der Waals surface area contributed by atoms with Crippen LogP contribution in [-0.4, -0.2) is 28.0 Å². The van der Waals surface area contributed by atoms with Crippen molar-refractivity contribution >= 4 is 17.4 Å². The molecule has 0 saturated carbocycles. The van der Waals surface area contributed by atoms with Crippen LogP contribution in [0.1, 0.15) is 31.6 Å². The van der Waals surface area contributed by atoms with Gasteiger partial charge in [0.1, 0.15) is 5.75 Å². The van der Waals surface area contributed by atoms with Gasteiger partial charge >= 0.3 is 0 Å². The van der Waals surface area contributed by atoms with Crippen LogP contribution in [-0.2, 0) is 0 Å². The van der Waals surface area contributed by atoms with Gasteiger partial charge in [-0.3, -0.25) is 0 Å². The van der Waals surface area contributed by atoms with Gasteiger partial charge in [0.2, 0.25) is 17.3 Å². The molecule has 2 heterocycles. The van der Waals surface area contributed by atoms with Crippen molar-refractivity contribution in [1.29, 1.82) is 0 Å². The maximum atomic E-state index is 6.30. The maximum absolute atomic E-state index is 6.30. The molecule has 4 rings (SSSR count). The lowest BCUT2D eigenvalue weighted by molar-refractivity contribution is 0.215. The van der Waals surface area contributed by atoms with Crippen molar-refractivity contribution in [3.8, 4) is 22.9 Å². The predicted molar refractivity (Wildman–Crippen MR) is 111 cm³/mol. The molecule has 2 aromatic carbocycles. The van der Waals surface area contributed by atoms with Gasteiger partial charge in [-0.15, -0.1) is 10.2 Å². The van der Waals surface area contributed by atoms with Crippen LogP contribution >= 0.6 is 11.8 Å². The summed E-state index contributed by atoms with van der Waals surface area (Å²) < 4.78 is 12.3. The summed E-state index contributed by atoms with van der Waals surface area (Å²) >= 11 is 1.43. The van der Waals surface area contributed by atoms with Gasteiger partial charge in [-0.05, 0) is 30.9 Å². The Morgan fingerprint density at radius 2 is 1.93 bits per heavy atom. The summed E-state index contributed by atoms with van der Waals surface area (Å²) in [6.07, 6.45) is 3.56. The second kappa shape index (κ2) is 8.48. The molecule has 1 aromatic heterocycles. The minimum Gasteiger partial charge on any atom is -0.493 e. The standard InChI is InChI=1S/C21H22N4O2S/c1-3-4-13-26-17-12-8-6-10-15(17)19-22-16-11-7-5-9-14(16)18-20(27-19)23-21(28-2)25-24-18/h5-12,19,22H,3-4,13H2,1-2H3. The van der Waals surface area contributed by atoms with Gasteiger partial charge in [-0.2, -0.15) is 4.98 Å². The second-order valence-corrected chi connectivity index (χ2v) is 7.15. The Hall–Kier alpha value is -2.80. The van der Waals surface area contributed by atoms with Crippen LogP contribution in [0.3, 0.4) is 0 Å². The molecule has 7 heteroatoms. The number of unbranched alkanes of at least 4 members (excludes halogenated alkanes) is 1. The average Bonchev–Trinajstić information content (AvgIpc) is 2.90. The number of rotatable bonds is 6. The Bertz CT molecular complexity index is 967. The normalized spacial score (nSPS) is 14.9. The summed E-state index contributed by atoms with van der Waals surface area (Å²) in [7, 11) is 0. The van der Waals surface area contributed by atoms with Crippen LogP contribution in [0, 0.1) is 0 Å². The first-order valence-electron chi connectivity index (χ1n) is 9.33. The minimum absolute atomic E-state index is 0.452. The molecule has 1 atom stereocenters. The summed E-state index contributed by atoms with van der Waals surface area (Å²) in [6.45, 7) is 2.82. The first kappa shape index (κ1) is 18.6. The number of para-hydroxylation sites is 2. The van der Waals surface area contributed by atoms with Gasteiger partial charge in [0, 0.05) is 11.3 Å². The Morgan fingerprint density at radius 1 is 1.11 bits per heavy atom. The highest BCUT2D eigenvalue weighted by Crippen LogP contribution is 2.40. The first-order valence-corrected chi connectivity index (χ1v) is 10.6. The number of hydrogen-bond donors (Lipinski definition) is 1. The molecule has 1 unspecified atom stereocenters. The number of hydrogen-bond acceptors (Lipinski definition) is 7. The maximum Gasteiger partial charge on any atom is 0.247 e. The molecular formula is C21H22N4O2S. The topological polar surface area (TPSA) is 69.2 Å². The van der Waals surface area contributed by atoms with Gasteiger partial charge < -0.3 is 14.8 Å². The number of nitrogens with zero attached hydrogens (tertiary/aromatic N) is 3. The van der Waals surface area contributed by atoms with E-state index in [1.165, 1.54) is 11.8 Å². The highest BCUT2D eigenvalue weighted by Gasteiger charge is 2.27. The van der Waals surface area contributed by atoms with Gasteiger partial charge in [-0.1, -0.05) is 55.4 Å². The Balaban J connectivity index is 1.76. The summed E-state index contributed by atoms with van der Waals surface area (Å²) in [4.78, 5) is 4.56. The number of aromatic nitrogens is 3. The monoisotopic (exact) mass is 394 g/mol. The molecule has 144 valence electrons. The van der Waals surface area contributed by atoms with Crippen molar-refractivity contribution in [2.45, 2.75) is 31.1 Å². The minimum atomic E-state index is -0.452. The molecule has 0 aliphatic carbocycles. The molecule has 1 aliphatic heterocycles. The SMILES string of the molecule is CCCCOc1ccccc1C1Nc2ccccc2-c2nnc(SC)nc2O1. The van der Waals surface area contributed by atoms with Gasteiger partial charge in [0.15, 0.2) is 5.69 Å². The predicted octanol–water partition coefficient (Wildman–Crippen LogP) is 4.94. The summed E-state index contributed by atoms with van der Waals surface area (Å²) in [5, 5.41) is 12.6. The van der Waals surface area contributed by atoms with E-state index in [0.29, 0.717) is 23.3 Å². The molecule has 1 aliphatic rings. The highest BCUT2D eigenvalue weighted by molar-refractivity contribution is 7.98. The van der Waals surface area contributed by atoms with E-state index in [1.807, 2.05) is 54.8 Å². The second-order valence-electron chi connectivity index (χ2n) is 6.38. The van der Waals surface area contributed by atoms with Crippen LogP contribution in [0.15, 0.2) is 53.7 Å². The summed E-state index contributed by atoms with van der Waals surface area (Å²) in [6, 6.07) is 15.9. The van der Waals surface area contributed by atoms with Crippen LogP contribution in [0.4, 0.5) is 5.69 Å². The third-order valence-electron chi connectivity index (χ3n) is 4.47. The summed E-state index contributed by atoms with van der Waals surface area (Å²) in [5.74, 6) is 1.27. The van der Waals surface area contributed by atoms with E-state index in [9.17, 15) is 0 Å². The number of fused-ring (bicyclic) bond motifs is 3. The number of nitrogens with one attached hydrogen (secondary N) is 1. The Labute approximate surface area is 168 Å². The van der Waals surface area contributed by atoms with Crippen LogP contribution in [0.2, 0.25) is 0 Å². The van der Waals surface area contributed by atoms with Gasteiger partial charge in [0.25, 0.3) is 0 Å². The fraction of sp³-hybridized carbons (Fsp3) is 0.286. The lowest BCUT2D eigenvalue weighted by Crippen LogP contribution is -2.18. The Kier molecular flexibility index (Phi) is 5.62. The van der Waals surface area contributed by atoms with E-state index in [0.717, 1.165) is 35.4 Å². The molecule has 1 N–H and O–H groups in total. The number of thioether (sulfide) groups is 1. The average molecular weight is 395 g/mol. The van der Waals surface area contributed by atoms with Crippen LogP contribution < -0.4 is 14.8 Å². The first-order chi connectivity index (χ1) is 13.8. The molecule has 6 nitrogen and oxygen atoms in total. The number of anilines is 1. The molecule has 0 spiro atoms. The van der Waals surface area contributed by atoms with Crippen molar-refractivity contribution in [3.63, 3.8) is 0 Å². The zero-order valence-corrected chi connectivity index (χ0v) is 16.7. The Morgan fingerprint density at radius 3 is 2.79 bits per heavy atom. The molecule has 0 saturated heterocycles. The molecule has 28 heavy (non-hydrogen) atoms. The number of ether oxygens (including phenoxy) is 2. The highest BCUT2D eigenvalue weighted by atomic mass is 32.2. The van der Waals surface area contributed by atoms with Crippen molar-refractivity contribution in [2.75, 3.05) is 18.2 Å². The van der Waals surface area contributed by atoms with Gasteiger partial charge in [0.05, 0.1) is 12.2 Å². The largest absolute Gasteiger partial charge is 0.493 e. The van der Waals surface area contributed by atoms with Crippen molar-refractivity contribution in [1.82, 2.24) is 15.2 Å². The van der Waals surface area contributed by atoms with E-state index in [4.69, 9.17) is 9.47 Å². The van der Waals surface area contributed by atoms with Crippen molar-refractivity contribution in [3.05, 3.63) is 54.1 Å². The molecule has 0 bridgehead atoms. The third kappa shape index (κ3) is 3.75. The van der Waals surface area contributed by atoms with E-state index in [-0.39, 0.29) is 0 Å². The third-order valence-corrected chi connectivity index (χ3v) is 5.01. The fourth-order valence-corrected chi connectivity index (χ4v) is 3.33. The lowest BCUT2D eigenvalue weighted by Gasteiger charge is -2.22. The van der Waals surface area contributed by atoms with Crippen molar-refractivity contribution in [2.24, 2.45) is 0 Å². The van der Waals surface area contributed by atoms with Crippen LogP contribution in [0.5, 0.6) is 11.6 Å². The zero-order valence-electron chi connectivity index (χ0n) is 15.9.